The Morgan fingerprint density at radius 3 is 2.33 bits per heavy atom. The van der Waals surface area contributed by atoms with Crippen LogP contribution in [0.4, 0.5) is 0 Å². The summed E-state index contributed by atoms with van der Waals surface area (Å²) in [6.07, 6.45) is 8.44. The summed E-state index contributed by atoms with van der Waals surface area (Å²) in [5.74, 6) is -0.728. The number of carbonyl (C=O) groups is 3. The van der Waals surface area contributed by atoms with Crippen LogP contribution in [0.2, 0.25) is 0 Å². The third-order valence-electron chi connectivity index (χ3n) is 12.8. The lowest BCUT2D eigenvalue weighted by molar-refractivity contribution is -0.141. The van der Waals surface area contributed by atoms with Crippen LogP contribution >= 0.6 is 0 Å². The largest absolute Gasteiger partial charge is 0.485 e. The van der Waals surface area contributed by atoms with Crippen LogP contribution in [0.1, 0.15) is 121 Å². The molecule has 4 heterocycles. The number of nitrogens with one attached hydrogen (secondary N) is 2. The lowest BCUT2D eigenvalue weighted by atomic mass is 9.59. The van der Waals surface area contributed by atoms with Crippen LogP contribution in [0.15, 0.2) is 48.7 Å². The van der Waals surface area contributed by atoms with E-state index in [-0.39, 0.29) is 36.6 Å². The Bertz CT molecular complexity index is 1860. The number of benzene rings is 2. The molecule has 1 unspecified atom stereocenters. The van der Waals surface area contributed by atoms with Crippen LogP contribution in [0, 0.1) is 5.92 Å². The van der Waals surface area contributed by atoms with Crippen molar-refractivity contribution in [2.75, 3.05) is 19.8 Å². The molecular weight excluding hydrogens is 699 g/mol. The molecule has 296 valence electrons. The predicted molar refractivity (Wildman–Crippen MR) is 208 cm³/mol. The molecule has 3 saturated heterocycles. The molecule has 1 saturated carbocycles. The van der Waals surface area contributed by atoms with Crippen LogP contribution in [0.25, 0.3) is 10.8 Å². The van der Waals surface area contributed by atoms with Crippen molar-refractivity contribution in [3.8, 4) is 0 Å². The van der Waals surface area contributed by atoms with E-state index in [1.54, 1.807) is 29.5 Å². The summed E-state index contributed by atoms with van der Waals surface area (Å²) in [6.45, 7) is 12.2. The monoisotopic (exact) mass is 756 g/mol. The molecule has 3 amide bonds. The van der Waals surface area contributed by atoms with Gasteiger partial charge in [0.25, 0.3) is 5.91 Å². The fourth-order valence-corrected chi connectivity index (χ4v) is 8.74. The highest BCUT2D eigenvalue weighted by Crippen LogP contribution is 2.42. The van der Waals surface area contributed by atoms with E-state index in [0.717, 1.165) is 42.9 Å². The number of hydrogen-bond donors (Lipinski definition) is 3. The normalized spacial score (nSPS) is 24.5. The molecule has 1 aromatic heterocycles. The predicted octanol–water partition coefficient (Wildman–Crippen LogP) is 4.87. The number of fused-ring (bicyclic) bond motifs is 1. The molecule has 0 radical (unpaired) electrons. The average Bonchev–Trinajstić information content (AvgIpc) is 3.88. The molecule has 3 aromatic rings. The fraction of sp³-hybridized carbons (Fsp3) is 0.634. The lowest BCUT2D eigenvalue weighted by Gasteiger charge is -2.40. The van der Waals surface area contributed by atoms with Gasteiger partial charge in [-0.15, -0.1) is 5.10 Å². The number of amides is 3. The first-order chi connectivity index (χ1) is 26.1. The summed E-state index contributed by atoms with van der Waals surface area (Å²) in [4.78, 5) is 45.5. The van der Waals surface area contributed by atoms with Gasteiger partial charge in [0, 0.05) is 31.7 Å². The molecule has 7 rings (SSSR count). The van der Waals surface area contributed by atoms with Crippen LogP contribution < -0.4 is 10.6 Å². The van der Waals surface area contributed by atoms with Crippen molar-refractivity contribution in [3.05, 3.63) is 59.9 Å². The molecule has 0 spiro atoms. The molecule has 1 aliphatic carbocycles. The van der Waals surface area contributed by atoms with Gasteiger partial charge in [-0.05, 0) is 89.6 Å². The summed E-state index contributed by atoms with van der Waals surface area (Å²) in [5.41, 5.74) is -2.46. The molecule has 14 heteroatoms. The maximum Gasteiger partial charge on any atom is 0.485 e. The Labute approximate surface area is 324 Å². The van der Waals surface area contributed by atoms with Crippen LogP contribution in [-0.4, -0.2) is 98.3 Å². The van der Waals surface area contributed by atoms with Crippen molar-refractivity contribution in [1.29, 1.82) is 0 Å². The minimum atomic E-state index is -1.26. The number of aromatic nitrogens is 3. The molecule has 2 aromatic carbocycles. The molecule has 3 N–H and O–H groups in total. The van der Waals surface area contributed by atoms with Gasteiger partial charge in [0.1, 0.15) is 17.7 Å². The second-order valence-corrected chi connectivity index (χ2v) is 17.7. The van der Waals surface area contributed by atoms with Gasteiger partial charge in [-0.25, -0.2) is 4.68 Å². The minimum Gasteiger partial charge on any atom is -0.402 e. The number of aliphatic hydroxyl groups is 1. The number of likely N-dealkylation sites (tertiary alicyclic amines) is 1. The summed E-state index contributed by atoms with van der Waals surface area (Å²) in [5, 5.41) is 27.9. The number of hydrogen-bond acceptors (Lipinski definition) is 9. The summed E-state index contributed by atoms with van der Waals surface area (Å²) in [7, 11) is -0.732. The molecule has 4 fully saturated rings. The topological polar surface area (TPSA) is 157 Å². The maximum absolute atomic E-state index is 15.1. The van der Waals surface area contributed by atoms with Gasteiger partial charge in [-0.2, -0.15) is 0 Å². The zero-order valence-corrected chi connectivity index (χ0v) is 33.2. The summed E-state index contributed by atoms with van der Waals surface area (Å²) in [6, 6.07) is 11.2. The Hall–Kier alpha value is -3.85. The Kier molecular flexibility index (Phi) is 10.9. The van der Waals surface area contributed by atoms with Crippen molar-refractivity contribution < 1.29 is 33.5 Å². The molecule has 55 heavy (non-hydrogen) atoms. The first-order valence-corrected chi connectivity index (χ1v) is 20.1. The van der Waals surface area contributed by atoms with E-state index >= 15 is 4.79 Å². The smallest absolute Gasteiger partial charge is 0.402 e. The Morgan fingerprint density at radius 1 is 0.982 bits per heavy atom. The van der Waals surface area contributed by atoms with Crippen molar-refractivity contribution in [2.24, 2.45) is 5.92 Å². The van der Waals surface area contributed by atoms with Crippen LogP contribution in [-0.2, 0) is 29.2 Å². The number of rotatable bonds is 10. The Morgan fingerprint density at radius 2 is 1.65 bits per heavy atom. The lowest BCUT2D eigenvalue weighted by Crippen LogP contribution is -2.65. The van der Waals surface area contributed by atoms with E-state index in [1.165, 1.54) is 6.20 Å². The van der Waals surface area contributed by atoms with Crippen molar-refractivity contribution in [1.82, 2.24) is 30.5 Å². The third kappa shape index (κ3) is 8.06. The zero-order chi connectivity index (χ0) is 39.2. The molecular formula is C41H57BN6O7. The van der Waals surface area contributed by atoms with Gasteiger partial charge in [0.05, 0.1) is 34.6 Å². The third-order valence-corrected chi connectivity index (χ3v) is 12.8. The van der Waals surface area contributed by atoms with Gasteiger partial charge < -0.3 is 34.7 Å². The highest BCUT2D eigenvalue weighted by atomic mass is 16.7. The van der Waals surface area contributed by atoms with Gasteiger partial charge >= 0.3 is 7.12 Å². The molecule has 0 bridgehead atoms. The molecule has 13 nitrogen and oxygen atoms in total. The average molecular weight is 757 g/mol. The highest BCUT2D eigenvalue weighted by Gasteiger charge is 2.61. The highest BCUT2D eigenvalue weighted by molar-refractivity contribution is 6.50. The standard InChI is InChI=1S/C41H57BN6O7/c1-38(2,52)34-25-43-46-48(34)31-24-33(36(50)45-41(18-20-53-21-19-41)42-54-39(3,4)40(5,6)55-42)47(26-31)37(51)32(22-27-12-8-7-9-13-27)44-35(49)30-17-16-28-14-10-11-15-29(28)23-30/h10-11,14-17,23,25,27,31-33,52H,7-9,12-13,18-22,24,26H2,1-6H3,(H,44,49)(H,45,50)/t31-,32?,33-/m0/s1. The minimum absolute atomic E-state index is 0.142. The van der Waals surface area contributed by atoms with Gasteiger partial charge in [-0.1, -0.05) is 67.6 Å². The van der Waals surface area contributed by atoms with Crippen LogP contribution in [0.5, 0.6) is 0 Å². The van der Waals surface area contributed by atoms with E-state index in [2.05, 4.69) is 20.9 Å². The van der Waals surface area contributed by atoms with Crippen molar-refractivity contribution in [2.45, 2.75) is 140 Å². The molecule has 3 atom stereocenters. The van der Waals surface area contributed by atoms with E-state index in [0.29, 0.717) is 43.7 Å². The van der Waals surface area contributed by atoms with E-state index in [9.17, 15) is 14.7 Å². The zero-order valence-electron chi connectivity index (χ0n) is 33.2. The number of ether oxygens (including phenoxy) is 1. The quantitative estimate of drug-likeness (QED) is 0.246. The molecule has 4 aliphatic rings. The Balaban J connectivity index is 1.21. The first-order valence-electron chi connectivity index (χ1n) is 20.1. The van der Waals surface area contributed by atoms with Crippen LogP contribution in [0.3, 0.4) is 0 Å². The first kappa shape index (κ1) is 39.4. The number of carbonyl (C=O) groups excluding carboxylic acids is 3. The SMILES string of the molecule is CC(C)(O)c1cnnn1[C@H]1C[C@@H](C(=O)NC2(B3OC(C)(C)C(C)(C)O3)CCOCC2)N(C(=O)C(CC2CCCCC2)NC(=O)c2ccc3ccccc3c2)C1. The van der Waals surface area contributed by atoms with E-state index in [4.69, 9.17) is 14.0 Å². The second-order valence-electron chi connectivity index (χ2n) is 17.7. The fourth-order valence-electron chi connectivity index (χ4n) is 8.74. The van der Waals surface area contributed by atoms with Gasteiger partial charge in [-0.3, -0.25) is 14.4 Å². The molecule has 3 aliphatic heterocycles. The second kappa shape index (κ2) is 15.2. The van der Waals surface area contributed by atoms with Crippen molar-refractivity contribution in [3.63, 3.8) is 0 Å². The number of nitrogens with zero attached hydrogens (tertiary/aromatic N) is 4. The van der Waals surface area contributed by atoms with Gasteiger partial charge in [0.2, 0.25) is 11.8 Å². The summed E-state index contributed by atoms with van der Waals surface area (Å²) >= 11 is 0. The van der Waals surface area contributed by atoms with Gasteiger partial charge in [0.15, 0.2) is 0 Å². The maximum atomic E-state index is 15.1. The van der Waals surface area contributed by atoms with E-state index < -0.39 is 47.5 Å². The van der Waals surface area contributed by atoms with Crippen molar-refractivity contribution >= 4 is 35.6 Å². The van der Waals surface area contributed by atoms with E-state index in [1.807, 2.05) is 64.1 Å². The summed E-state index contributed by atoms with van der Waals surface area (Å²) < 4.78 is 20.5.